The molecule has 1 aliphatic heterocycles. The van der Waals surface area contributed by atoms with E-state index in [9.17, 15) is 5.11 Å². The van der Waals surface area contributed by atoms with Gasteiger partial charge in [-0.15, -0.1) is 22.7 Å². The van der Waals surface area contributed by atoms with Crippen molar-refractivity contribution in [3.05, 3.63) is 71.4 Å². The number of benzene rings is 2. The molecule has 186 valence electrons. The fraction of sp³-hybridized carbons (Fsp3) is 0.357. The molecule has 8 heteroatoms. The molecule has 3 heterocycles. The third kappa shape index (κ3) is 4.31. The van der Waals surface area contributed by atoms with Crippen molar-refractivity contribution in [1.29, 1.82) is 0 Å². The van der Waals surface area contributed by atoms with E-state index < -0.39 is 16.8 Å². The summed E-state index contributed by atoms with van der Waals surface area (Å²) >= 11 is 3.03. The summed E-state index contributed by atoms with van der Waals surface area (Å²) in [4.78, 5) is 11.5. The van der Waals surface area contributed by atoms with Crippen molar-refractivity contribution in [2.75, 3.05) is 13.1 Å². The highest BCUT2D eigenvalue weighted by molar-refractivity contribution is 7.23. The Labute approximate surface area is 218 Å². The summed E-state index contributed by atoms with van der Waals surface area (Å²) in [7, 11) is 0. The molecule has 4 aromatic rings. The number of alkyl halides is 1. The highest BCUT2D eigenvalue weighted by atomic mass is 32.1. The average molecular weight is 521 g/mol. The van der Waals surface area contributed by atoms with Crippen molar-refractivity contribution in [3.8, 4) is 31.6 Å². The fourth-order valence-corrected chi connectivity index (χ4v) is 7.68. The SMILES string of the molecule is CC1(O)CC(N)(c2ccc(-c3nc(-c4cnc(C5(F)CCNCC5)s4)sc3-c3ccccc3)cc2)C1. The Morgan fingerprint density at radius 3 is 2.33 bits per heavy atom. The van der Waals surface area contributed by atoms with Gasteiger partial charge in [-0.3, -0.25) is 0 Å². The standard InChI is InChI=1S/C28H29FN4OS2/c1-26(34)16-28(30,17-26)20-9-7-18(8-10-20)22-23(19-5-3-2-4-6-19)36-24(33-22)21-15-32-25(35-21)27(29)11-13-31-14-12-27/h2-10,15,31,34H,11-14,16-17,30H2,1H3. The van der Waals surface area contributed by atoms with E-state index >= 15 is 4.39 Å². The third-order valence-electron chi connectivity index (χ3n) is 7.28. The van der Waals surface area contributed by atoms with Gasteiger partial charge in [-0.2, -0.15) is 0 Å². The molecule has 5 nitrogen and oxygen atoms in total. The van der Waals surface area contributed by atoms with Crippen LogP contribution >= 0.6 is 22.7 Å². The van der Waals surface area contributed by atoms with E-state index in [2.05, 4.69) is 34.6 Å². The zero-order chi connectivity index (χ0) is 25.0. The smallest absolute Gasteiger partial charge is 0.164 e. The molecular formula is C28H29FN4OS2. The molecule has 2 aromatic carbocycles. The monoisotopic (exact) mass is 520 g/mol. The Bertz CT molecular complexity index is 1370. The molecule has 6 rings (SSSR count). The topological polar surface area (TPSA) is 84.1 Å². The summed E-state index contributed by atoms with van der Waals surface area (Å²) in [5.74, 6) is 0. The maximum Gasteiger partial charge on any atom is 0.164 e. The van der Waals surface area contributed by atoms with Gasteiger partial charge in [0.1, 0.15) is 10.0 Å². The number of aromatic nitrogens is 2. The van der Waals surface area contributed by atoms with Crippen molar-refractivity contribution in [1.82, 2.24) is 15.3 Å². The lowest BCUT2D eigenvalue weighted by molar-refractivity contribution is -0.0738. The minimum absolute atomic E-state index is 0.447. The second-order valence-corrected chi connectivity index (χ2v) is 12.4. The molecule has 1 saturated heterocycles. The van der Waals surface area contributed by atoms with Gasteiger partial charge < -0.3 is 16.2 Å². The molecule has 2 aliphatic rings. The van der Waals surface area contributed by atoms with Crippen LogP contribution in [0.2, 0.25) is 0 Å². The Morgan fingerprint density at radius 1 is 0.972 bits per heavy atom. The molecule has 0 bridgehead atoms. The highest BCUT2D eigenvalue weighted by Gasteiger charge is 2.49. The van der Waals surface area contributed by atoms with Crippen LogP contribution < -0.4 is 11.1 Å². The second-order valence-electron chi connectivity index (χ2n) is 10.4. The van der Waals surface area contributed by atoms with Crippen LogP contribution in [-0.2, 0) is 11.2 Å². The number of nitrogens with zero attached hydrogens (tertiary/aromatic N) is 2. The van der Waals surface area contributed by atoms with Crippen LogP contribution in [0.5, 0.6) is 0 Å². The molecule has 4 N–H and O–H groups in total. The predicted molar refractivity (Wildman–Crippen MR) is 145 cm³/mol. The number of hydrogen-bond acceptors (Lipinski definition) is 7. The van der Waals surface area contributed by atoms with Crippen molar-refractivity contribution in [2.24, 2.45) is 5.73 Å². The van der Waals surface area contributed by atoms with Crippen LogP contribution in [0.4, 0.5) is 4.39 Å². The molecule has 36 heavy (non-hydrogen) atoms. The Morgan fingerprint density at radius 2 is 1.67 bits per heavy atom. The van der Waals surface area contributed by atoms with E-state index in [-0.39, 0.29) is 0 Å². The van der Waals surface area contributed by atoms with Gasteiger partial charge in [0, 0.05) is 30.1 Å². The average Bonchev–Trinajstić information content (AvgIpc) is 3.52. The number of piperidine rings is 1. The summed E-state index contributed by atoms with van der Waals surface area (Å²) in [6.45, 7) is 3.17. The van der Waals surface area contributed by atoms with Crippen LogP contribution in [-0.4, -0.2) is 33.8 Å². The van der Waals surface area contributed by atoms with Crippen LogP contribution in [0.1, 0.15) is 43.2 Å². The Kier molecular flexibility index (Phi) is 5.85. The Balaban J connectivity index is 1.36. The maximum absolute atomic E-state index is 15.5. The number of aliphatic hydroxyl groups is 1. The molecule has 0 spiro atoms. The molecule has 1 aliphatic carbocycles. The van der Waals surface area contributed by atoms with Crippen LogP contribution in [0, 0.1) is 0 Å². The number of thiazole rings is 2. The van der Waals surface area contributed by atoms with Crippen LogP contribution in [0.25, 0.3) is 31.6 Å². The van der Waals surface area contributed by atoms with Gasteiger partial charge in [-0.05, 0) is 44.0 Å². The highest BCUT2D eigenvalue weighted by Crippen LogP contribution is 2.48. The molecule has 0 atom stereocenters. The zero-order valence-corrected chi connectivity index (χ0v) is 21.8. The van der Waals surface area contributed by atoms with Crippen molar-refractivity contribution in [2.45, 2.75) is 49.4 Å². The first kappa shape index (κ1) is 23.9. The summed E-state index contributed by atoms with van der Waals surface area (Å²) in [5, 5.41) is 14.8. The van der Waals surface area contributed by atoms with Gasteiger partial charge in [0.15, 0.2) is 5.67 Å². The normalized spacial score (nSPS) is 25.4. The molecule has 1 saturated carbocycles. The fourth-order valence-electron chi connectivity index (χ4n) is 5.49. The second kappa shape index (κ2) is 8.82. The van der Waals surface area contributed by atoms with E-state index in [0.29, 0.717) is 43.8 Å². The molecule has 0 amide bonds. The number of rotatable bonds is 5. The van der Waals surface area contributed by atoms with Gasteiger partial charge in [-0.1, -0.05) is 54.6 Å². The quantitative estimate of drug-likeness (QED) is 0.308. The van der Waals surface area contributed by atoms with Crippen molar-refractivity contribution < 1.29 is 9.50 Å². The summed E-state index contributed by atoms with van der Waals surface area (Å²) in [5.41, 5.74) is 8.01. The van der Waals surface area contributed by atoms with Gasteiger partial charge in [0.25, 0.3) is 0 Å². The first-order chi connectivity index (χ1) is 17.2. The molecule has 0 radical (unpaired) electrons. The zero-order valence-electron chi connectivity index (χ0n) is 20.1. The van der Waals surface area contributed by atoms with Crippen LogP contribution in [0.3, 0.4) is 0 Å². The number of halogens is 1. The largest absolute Gasteiger partial charge is 0.390 e. The van der Waals surface area contributed by atoms with E-state index in [1.165, 1.54) is 11.3 Å². The van der Waals surface area contributed by atoms with Crippen LogP contribution in [0.15, 0.2) is 60.8 Å². The lowest BCUT2D eigenvalue weighted by atomic mass is 9.63. The summed E-state index contributed by atoms with van der Waals surface area (Å²) < 4.78 is 15.5. The Hall–Kier alpha value is -2.49. The first-order valence-corrected chi connectivity index (χ1v) is 13.9. The van der Waals surface area contributed by atoms with Gasteiger partial charge in [-0.25, -0.2) is 14.4 Å². The lowest BCUT2D eigenvalue weighted by Gasteiger charge is -2.49. The van der Waals surface area contributed by atoms with Crippen molar-refractivity contribution in [3.63, 3.8) is 0 Å². The van der Waals surface area contributed by atoms with E-state index in [0.717, 1.165) is 37.1 Å². The van der Waals surface area contributed by atoms with E-state index in [1.807, 2.05) is 37.3 Å². The lowest BCUT2D eigenvalue weighted by Crippen LogP contribution is -2.58. The molecule has 2 fully saturated rings. The summed E-state index contributed by atoms with van der Waals surface area (Å²) in [6, 6.07) is 18.4. The van der Waals surface area contributed by atoms with E-state index in [1.54, 1.807) is 17.5 Å². The first-order valence-electron chi connectivity index (χ1n) is 12.3. The third-order valence-corrected chi connectivity index (χ3v) is 9.73. The minimum Gasteiger partial charge on any atom is -0.390 e. The number of nitrogens with two attached hydrogens (primary N) is 1. The van der Waals surface area contributed by atoms with Crippen molar-refractivity contribution >= 4 is 22.7 Å². The summed E-state index contributed by atoms with van der Waals surface area (Å²) in [6.07, 6.45) is 3.76. The maximum atomic E-state index is 15.5. The number of nitrogens with one attached hydrogen (secondary N) is 1. The molecular weight excluding hydrogens is 491 g/mol. The molecule has 0 unspecified atom stereocenters. The van der Waals surface area contributed by atoms with Gasteiger partial charge in [0.2, 0.25) is 0 Å². The number of hydrogen-bond donors (Lipinski definition) is 3. The predicted octanol–water partition coefficient (Wildman–Crippen LogP) is 5.85. The van der Waals surface area contributed by atoms with Gasteiger partial charge >= 0.3 is 0 Å². The molecule has 2 aromatic heterocycles. The minimum atomic E-state index is -1.36. The van der Waals surface area contributed by atoms with Gasteiger partial charge in [0.05, 0.1) is 21.0 Å². The van der Waals surface area contributed by atoms with E-state index in [4.69, 9.17) is 10.7 Å².